The van der Waals surface area contributed by atoms with Crippen molar-refractivity contribution < 1.29 is 9.21 Å². The van der Waals surface area contributed by atoms with Gasteiger partial charge in [0.1, 0.15) is 11.8 Å². The van der Waals surface area contributed by atoms with Crippen molar-refractivity contribution in [2.24, 2.45) is 0 Å². The number of nitrogens with zero attached hydrogens (tertiary/aromatic N) is 1. The van der Waals surface area contributed by atoms with Crippen LogP contribution in [0, 0.1) is 0 Å². The van der Waals surface area contributed by atoms with E-state index in [1.54, 1.807) is 6.26 Å². The molecule has 4 rings (SSSR count). The number of nitrogens with one attached hydrogen (secondary N) is 1. The summed E-state index contributed by atoms with van der Waals surface area (Å²) in [6.45, 7) is 0. The molecular weight excluding hydrogens is 264 g/mol. The summed E-state index contributed by atoms with van der Waals surface area (Å²) in [7, 11) is 2.21. The number of furan rings is 1. The quantitative estimate of drug-likeness (QED) is 0.922. The smallest absolute Gasteiger partial charge is 0.255 e. The van der Waals surface area contributed by atoms with Gasteiger partial charge in [0.05, 0.1) is 5.56 Å². The summed E-state index contributed by atoms with van der Waals surface area (Å²) in [6.07, 6.45) is 6.23. The Morgan fingerprint density at radius 1 is 1.24 bits per heavy atom. The lowest BCUT2D eigenvalue weighted by Crippen LogP contribution is -2.48. The second kappa shape index (κ2) is 4.88. The first-order valence-corrected chi connectivity index (χ1v) is 7.71. The average Bonchev–Trinajstić information content (AvgIpc) is 2.98. The molecule has 1 N–H and O–H groups in total. The largest absolute Gasteiger partial charge is 0.463 e. The molecule has 2 aromatic rings. The molecule has 2 fully saturated rings. The van der Waals surface area contributed by atoms with Crippen molar-refractivity contribution in [1.82, 2.24) is 10.2 Å². The number of hydrogen-bond acceptors (Lipinski definition) is 3. The summed E-state index contributed by atoms with van der Waals surface area (Å²) in [6, 6.07) is 9.24. The monoisotopic (exact) mass is 284 g/mol. The van der Waals surface area contributed by atoms with E-state index in [0.717, 1.165) is 23.8 Å². The van der Waals surface area contributed by atoms with Gasteiger partial charge in [-0.25, -0.2) is 0 Å². The summed E-state index contributed by atoms with van der Waals surface area (Å²) in [5.74, 6) is -0.00565. The first-order chi connectivity index (χ1) is 10.2. The van der Waals surface area contributed by atoms with E-state index in [1.165, 1.54) is 12.8 Å². The molecule has 21 heavy (non-hydrogen) atoms. The number of carbonyl (C=O) groups excluding carboxylic acids is 1. The molecule has 0 radical (unpaired) electrons. The lowest BCUT2D eigenvalue weighted by molar-refractivity contribution is 0.0883. The van der Waals surface area contributed by atoms with Crippen LogP contribution in [0.25, 0.3) is 11.0 Å². The van der Waals surface area contributed by atoms with Crippen LogP contribution in [0.5, 0.6) is 0 Å². The number of hydrogen-bond donors (Lipinski definition) is 1. The summed E-state index contributed by atoms with van der Waals surface area (Å²) in [5.41, 5.74) is 1.42. The molecule has 1 unspecified atom stereocenters. The molecule has 0 aliphatic carbocycles. The van der Waals surface area contributed by atoms with Gasteiger partial charge in [-0.3, -0.25) is 4.79 Å². The molecule has 2 aliphatic rings. The van der Waals surface area contributed by atoms with Crippen LogP contribution in [0.4, 0.5) is 0 Å². The second-order valence-corrected chi connectivity index (χ2v) is 6.34. The summed E-state index contributed by atoms with van der Waals surface area (Å²) in [4.78, 5) is 15.0. The van der Waals surface area contributed by atoms with Crippen LogP contribution in [0.15, 0.2) is 34.9 Å². The fourth-order valence-corrected chi connectivity index (χ4v) is 3.95. The Labute approximate surface area is 124 Å². The minimum absolute atomic E-state index is 0.00565. The van der Waals surface area contributed by atoms with Crippen molar-refractivity contribution in [3.63, 3.8) is 0 Å². The fourth-order valence-electron chi connectivity index (χ4n) is 3.95. The molecule has 2 aliphatic heterocycles. The van der Waals surface area contributed by atoms with Gasteiger partial charge in [-0.05, 0) is 38.8 Å². The van der Waals surface area contributed by atoms with E-state index in [2.05, 4.69) is 17.3 Å². The molecular formula is C17H20N2O2. The lowest BCUT2D eigenvalue weighted by atomic mass is 9.97. The zero-order valence-corrected chi connectivity index (χ0v) is 12.2. The highest BCUT2D eigenvalue weighted by molar-refractivity contribution is 6.05. The molecule has 1 aromatic carbocycles. The highest BCUT2D eigenvalue weighted by Crippen LogP contribution is 2.34. The lowest BCUT2D eigenvalue weighted by Gasteiger charge is -2.36. The van der Waals surface area contributed by atoms with Gasteiger partial charge in [-0.15, -0.1) is 0 Å². The minimum Gasteiger partial charge on any atom is -0.463 e. The van der Waals surface area contributed by atoms with Crippen LogP contribution in [-0.4, -0.2) is 36.0 Å². The first-order valence-electron chi connectivity index (χ1n) is 7.71. The van der Waals surface area contributed by atoms with Gasteiger partial charge < -0.3 is 14.6 Å². The van der Waals surface area contributed by atoms with Gasteiger partial charge in [-0.1, -0.05) is 18.2 Å². The van der Waals surface area contributed by atoms with Crippen LogP contribution in [0.3, 0.4) is 0 Å². The maximum Gasteiger partial charge on any atom is 0.255 e. The molecule has 2 saturated heterocycles. The van der Waals surface area contributed by atoms with Crippen molar-refractivity contribution in [3.8, 4) is 0 Å². The van der Waals surface area contributed by atoms with Crippen LogP contribution >= 0.6 is 0 Å². The van der Waals surface area contributed by atoms with Crippen LogP contribution in [0.2, 0.25) is 0 Å². The SMILES string of the molecule is CN1[C@@H]2CC[C@H]1CC(NC(=O)c1coc3ccccc13)C2. The van der Waals surface area contributed by atoms with E-state index in [1.807, 2.05) is 24.3 Å². The van der Waals surface area contributed by atoms with Gasteiger partial charge in [0.2, 0.25) is 0 Å². The van der Waals surface area contributed by atoms with E-state index in [4.69, 9.17) is 4.42 Å². The molecule has 3 atom stereocenters. The van der Waals surface area contributed by atoms with Gasteiger partial charge in [0.15, 0.2) is 0 Å². The standard InChI is InChI=1S/C17H20N2O2/c1-19-12-6-7-13(19)9-11(8-12)18-17(20)15-10-21-16-5-3-2-4-14(15)16/h2-5,10-13H,6-9H2,1H3,(H,18,20)/t11?,12-,13+. The van der Waals surface area contributed by atoms with Crippen molar-refractivity contribution >= 4 is 16.9 Å². The maximum atomic E-state index is 12.5. The normalized spacial score (nSPS) is 28.9. The van der Waals surface area contributed by atoms with Gasteiger partial charge in [0, 0.05) is 23.5 Å². The third-order valence-corrected chi connectivity index (χ3v) is 5.16. The summed E-state index contributed by atoms with van der Waals surface area (Å²) < 4.78 is 5.46. The molecule has 110 valence electrons. The Bertz CT molecular complexity index is 664. The number of fused-ring (bicyclic) bond motifs is 3. The average molecular weight is 284 g/mol. The first kappa shape index (κ1) is 12.9. The van der Waals surface area contributed by atoms with Crippen LogP contribution < -0.4 is 5.32 Å². The molecule has 2 bridgehead atoms. The zero-order chi connectivity index (χ0) is 14.4. The van der Waals surface area contributed by atoms with Crippen molar-refractivity contribution in [3.05, 3.63) is 36.1 Å². The number of piperidine rings is 1. The third kappa shape index (κ3) is 2.14. The molecule has 1 aromatic heterocycles. The van der Waals surface area contributed by atoms with E-state index in [9.17, 15) is 4.79 Å². The fraction of sp³-hybridized carbons (Fsp3) is 0.471. The molecule has 4 nitrogen and oxygen atoms in total. The van der Waals surface area contributed by atoms with Crippen molar-refractivity contribution in [1.29, 1.82) is 0 Å². The number of benzene rings is 1. The number of amides is 1. The van der Waals surface area contributed by atoms with Crippen LogP contribution in [0.1, 0.15) is 36.0 Å². The highest BCUT2D eigenvalue weighted by atomic mass is 16.3. The Morgan fingerprint density at radius 2 is 1.95 bits per heavy atom. The van der Waals surface area contributed by atoms with Gasteiger partial charge >= 0.3 is 0 Å². The Hall–Kier alpha value is -1.81. The van der Waals surface area contributed by atoms with Crippen molar-refractivity contribution in [2.75, 3.05) is 7.05 Å². The summed E-state index contributed by atoms with van der Waals surface area (Å²) in [5, 5.41) is 4.10. The molecule has 0 saturated carbocycles. The minimum atomic E-state index is -0.00565. The van der Waals surface area contributed by atoms with Gasteiger partial charge in [-0.2, -0.15) is 0 Å². The number of rotatable bonds is 2. The summed E-state index contributed by atoms with van der Waals surface area (Å²) >= 11 is 0. The molecule has 1 amide bonds. The predicted molar refractivity (Wildman–Crippen MR) is 81.3 cm³/mol. The van der Waals surface area contributed by atoms with Crippen LogP contribution in [-0.2, 0) is 0 Å². The predicted octanol–water partition coefficient (Wildman–Crippen LogP) is 2.79. The maximum absolute atomic E-state index is 12.5. The Morgan fingerprint density at radius 3 is 2.71 bits per heavy atom. The van der Waals surface area contributed by atoms with Gasteiger partial charge in [0.25, 0.3) is 5.91 Å². The van der Waals surface area contributed by atoms with E-state index >= 15 is 0 Å². The number of para-hydroxylation sites is 1. The molecule has 4 heteroatoms. The second-order valence-electron chi connectivity index (χ2n) is 6.34. The third-order valence-electron chi connectivity index (χ3n) is 5.16. The molecule has 0 spiro atoms. The van der Waals surface area contributed by atoms with Crippen molar-refractivity contribution in [2.45, 2.75) is 43.8 Å². The molecule has 3 heterocycles. The van der Waals surface area contributed by atoms with E-state index in [-0.39, 0.29) is 5.91 Å². The topological polar surface area (TPSA) is 45.5 Å². The van der Waals surface area contributed by atoms with E-state index in [0.29, 0.717) is 23.7 Å². The van der Waals surface area contributed by atoms with E-state index < -0.39 is 0 Å². The zero-order valence-electron chi connectivity index (χ0n) is 12.2. The Balaban J connectivity index is 1.51. The highest BCUT2D eigenvalue weighted by Gasteiger charge is 2.38. The Kier molecular flexibility index (Phi) is 3.00. The number of carbonyl (C=O) groups is 1.